The van der Waals surface area contributed by atoms with Crippen LogP contribution in [0.3, 0.4) is 0 Å². The third kappa shape index (κ3) is 6.32. The van der Waals surface area contributed by atoms with Crippen molar-refractivity contribution in [1.82, 2.24) is 0 Å². The predicted molar refractivity (Wildman–Crippen MR) is 289 cm³/mol. The Kier molecular flexibility index (Phi) is 9.02. The zero-order valence-corrected chi connectivity index (χ0v) is 37.9. The van der Waals surface area contributed by atoms with Gasteiger partial charge in [-0.05, 0) is 176 Å². The van der Waals surface area contributed by atoms with Gasteiger partial charge in [-0.15, -0.1) is 0 Å². The monoisotopic (exact) mass is 868 g/mol. The molecule has 0 unspecified atom stereocenters. The molecule has 0 saturated carbocycles. The van der Waals surface area contributed by atoms with E-state index in [-0.39, 0.29) is 0 Å². The first-order valence-corrected chi connectivity index (χ1v) is 24.4. The van der Waals surface area contributed by atoms with Gasteiger partial charge in [0.25, 0.3) is 0 Å². The molecule has 0 N–H and O–H groups in total. The summed E-state index contributed by atoms with van der Waals surface area (Å²) in [5, 5.41) is 12.5. The molecule has 0 aromatic heterocycles. The molecule has 12 aromatic carbocycles. The Morgan fingerprint density at radius 2 is 0.632 bits per heavy atom. The lowest BCUT2D eigenvalue weighted by Crippen LogP contribution is -2.12. The fourth-order valence-corrected chi connectivity index (χ4v) is 11.9. The van der Waals surface area contributed by atoms with Crippen LogP contribution >= 0.6 is 0 Å². The summed E-state index contributed by atoms with van der Waals surface area (Å²) in [6.45, 7) is 0. The molecule has 0 spiro atoms. The second kappa shape index (κ2) is 15.7. The van der Waals surface area contributed by atoms with Crippen LogP contribution in [0.4, 0.5) is 34.1 Å². The molecule has 12 aromatic rings. The molecule has 14 rings (SSSR count). The summed E-state index contributed by atoms with van der Waals surface area (Å²) < 4.78 is 0. The maximum atomic E-state index is 2.55. The van der Waals surface area contributed by atoms with E-state index in [0.717, 1.165) is 37.1 Å². The Hall–Kier alpha value is -8.20. The normalized spacial score (nSPS) is 13.2. The highest BCUT2D eigenvalue weighted by molar-refractivity contribution is 6.32. The molecular weight excluding hydrogens is 821 g/mol. The van der Waals surface area contributed by atoms with E-state index < -0.39 is 0 Å². The molecule has 0 radical (unpaired) electrons. The highest BCUT2D eigenvalue weighted by Gasteiger charge is 2.27. The molecule has 0 heterocycles. The van der Waals surface area contributed by atoms with E-state index in [4.69, 9.17) is 0 Å². The number of hydrogen-bond donors (Lipinski definition) is 0. The second-order valence-electron chi connectivity index (χ2n) is 19.0. The van der Waals surface area contributed by atoms with Crippen molar-refractivity contribution in [2.75, 3.05) is 9.80 Å². The average molecular weight is 869 g/mol. The van der Waals surface area contributed by atoms with Crippen molar-refractivity contribution >= 4 is 88.0 Å². The maximum absolute atomic E-state index is 2.55. The van der Waals surface area contributed by atoms with Gasteiger partial charge >= 0.3 is 0 Å². The van der Waals surface area contributed by atoms with Gasteiger partial charge in [0.15, 0.2) is 0 Å². The number of fused-ring (bicyclic) bond motifs is 4. The molecule has 322 valence electrons. The van der Waals surface area contributed by atoms with Gasteiger partial charge in [0, 0.05) is 44.3 Å². The minimum atomic E-state index is 1.12. The Morgan fingerprint density at radius 3 is 1.09 bits per heavy atom. The van der Waals surface area contributed by atoms with Crippen LogP contribution in [0.15, 0.2) is 218 Å². The zero-order chi connectivity index (χ0) is 44.7. The molecular formula is C66H48N2. The van der Waals surface area contributed by atoms with Crippen LogP contribution in [-0.4, -0.2) is 0 Å². The highest BCUT2D eigenvalue weighted by Crippen LogP contribution is 2.53. The first-order valence-electron chi connectivity index (χ1n) is 24.4. The van der Waals surface area contributed by atoms with Crippen molar-refractivity contribution in [2.45, 2.75) is 38.5 Å². The van der Waals surface area contributed by atoms with Crippen molar-refractivity contribution in [1.29, 1.82) is 0 Å². The van der Waals surface area contributed by atoms with Gasteiger partial charge in [0.05, 0.1) is 11.4 Å². The van der Waals surface area contributed by atoms with Gasteiger partial charge in [-0.3, -0.25) is 0 Å². The molecule has 0 saturated heterocycles. The van der Waals surface area contributed by atoms with Crippen molar-refractivity contribution in [2.24, 2.45) is 0 Å². The summed E-state index contributed by atoms with van der Waals surface area (Å²) in [5.41, 5.74) is 17.8. The minimum absolute atomic E-state index is 1.12. The lowest BCUT2D eigenvalue weighted by Gasteiger charge is -2.31. The molecule has 68 heavy (non-hydrogen) atoms. The maximum Gasteiger partial charge on any atom is 0.0546 e. The molecule has 2 aliphatic carbocycles. The van der Waals surface area contributed by atoms with Crippen LogP contribution in [0.2, 0.25) is 0 Å². The molecule has 0 fully saturated rings. The highest BCUT2D eigenvalue weighted by atomic mass is 15.2. The van der Waals surface area contributed by atoms with Crippen LogP contribution in [-0.2, 0) is 25.7 Å². The Balaban J connectivity index is 1.12. The van der Waals surface area contributed by atoms with Crippen molar-refractivity contribution in [3.05, 3.63) is 241 Å². The molecule has 0 amide bonds. The van der Waals surface area contributed by atoms with Crippen LogP contribution in [0.1, 0.15) is 35.1 Å². The van der Waals surface area contributed by atoms with Gasteiger partial charge in [0.1, 0.15) is 0 Å². The van der Waals surface area contributed by atoms with Gasteiger partial charge in [-0.25, -0.2) is 0 Å². The number of benzene rings is 12. The van der Waals surface area contributed by atoms with Gasteiger partial charge in [0.2, 0.25) is 0 Å². The van der Waals surface area contributed by atoms with Crippen molar-refractivity contribution in [3.63, 3.8) is 0 Å². The van der Waals surface area contributed by atoms with Crippen LogP contribution < -0.4 is 9.80 Å². The SMILES string of the molecule is c1ccc(-c2cc(N(c3ccc4c(c3)CCC4)c3ccc4ccccc4c3)c3ccc4c(-c5ccccc5)cc(N(c5ccc6c(c5)CCC6)c5ccc6ccccc6c5)c5ccc2c3c45)cc1. The van der Waals surface area contributed by atoms with E-state index in [9.17, 15) is 0 Å². The molecule has 0 aliphatic heterocycles. The summed E-state index contributed by atoms with van der Waals surface area (Å²) in [5.74, 6) is 0. The Labute approximate surface area is 397 Å². The van der Waals surface area contributed by atoms with Crippen molar-refractivity contribution in [3.8, 4) is 22.3 Å². The smallest absolute Gasteiger partial charge is 0.0546 e. The summed E-state index contributed by atoms with van der Waals surface area (Å²) in [4.78, 5) is 5.10. The quantitative estimate of drug-likeness (QED) is 0.140. The lowest BCUT2D eigenvalue weighted by molar-refractivity contribution is 0.911. The van der Waals surface area contributed by atoms with Crippen LogP contribution in [0.5, 0.6) is 0 Å². The van der Waals surface area contributed by atoms with E-state index in [1.165, 1.54) is 134 Å². The molecule has 2 nitrogen and oxygen atoms in total. The summed E-state index contributed by atoms with van der Waals surface area (Å²) in [7, 11) is 0. The first kappa shape index (κ1) is 39.0. The number of hydrogen-bond acceptors (Lipinski definition) is 2. The fraction of sp³-hybridized carbons (Fsp3) is 0.0909. The van der Waals surface area contributed by atoms with Gasteiger partial charge in [-0.1, -0.05) is 158 Å². The molecule has 2 aliphatic rings. The number of nitrogens with zero attached hydrogens (tertiary/aromatic N) is 2. The van der Waals surface area contributed by atoms with Gasteiger partial charge < -0.3 is 9.80 Å². The topological polar surface area (TPSA) is 6.48 Å². The van der Waals surface area contributed by atoms with E-state index in [1.54, 1.807) is 0 Å². The molecule has 0 atom stereocenters. The zero-order valence-electron chi connectivity index (χ0n) is 37.9. The summed E-state index contributed by atoms with van der Waals surface area (Å²) in [6.07, 6.45) is 6.95. The number of rotatable bonds is 8. The van der Waals surface area contributed by atoms with E-state index in [0.29, 0.717) is 0 Å². The average Bonchev–Trinajstić information content (AvgIpc) is 4.09. The van der Waals surface area contributed by atoms with Crippen molar-refractivity contribution < 1.29 is 0 Å². The van der Waals surface area contributed by atoms with E-state index in [2.05, 4.69) is 228 Å². The van der Waals surface area contributed by atoms with Crippen LogP contribution in [0, 0.1) is 0 Å². The number of anilines is 6. The third-order valence-electron chi connectivity index (χ3n) is 15.2. The number of aryl methyl sites for hydroxylation is 4. The summed E-state index contributed by atoms with van der Waals surface area (Å²) >= 11 is 0. The van der Waals surface area contributed by atoms with E-state index >= 15 is 0 Å². The minimum Gasteiger partial charge on any atom is -0.310 e. The molecule has 2 heteroatoms. The fourth-order valence-electron chi connectivity index (χ4n) is 11.9. The van der Waals surface area contributed by atoms with Crippen LogP contribution in [0.25, 0.3) is 76.1 Å². The predicted octanol–water partition coefficient (Wildman–Crippen LogP) is 18.1. The van der Waals surface area contributed by atoms with E-state index in [1.807, 2.05) is 0 Å². The Bertz CT molecular complexity index is 3670. The molecule has 0 bridgehead atoms. The standard InChI is InChI=1S/C66H48N2/c1-3-15-47(16-4-1)61-41-63(67(55-31-27-45-21-11-23-51(45)39-55)53-29-25-43-13-7-9-19-49(43)37-53)59-36-34-58-62(48-17-5-2-6-18-48)42-64(60-35-33-57(61)65(59)66(58)60)68(56-32-28-46-22-12-24-52(46)40-56)54-30-26-44-14-8-10-20-50(44)38-54/h1-10,13-20,25-42H,11-12,21-24H2. The largest absolute Gasteiger partial charge is 0.310 e. The second-order valence-corrected chi connectivity index (χ2v) is 19.0. The first-order chi connectivity index (χ1) is 33.7. The Morgan fingerprint density at radius 1 is 0.265 bits per heavy atom. The third-order valence-corrected chi connectivity index (χ3v) is 15.2. The lowest BCUT2D eigenvalue weighted by atomic mass is 9.85. The summed E-state index contributed by atoms with van der Waals surface area (Å²) in [6, 6.07) is 82.6. The van der Waals surface area contributed by atoms with Gasteiger partial charge in [-0.2, -0.15) is 0 Å².